The highest BCUT2D eigenvalue weighted by atomic mass is 32.2. The van der Waals surface area contributed by atoms with Gasteiger partial charge in [-0.1, -0.05) is 24.3 Å². The van der Waals surface area contributed by atoms with Crippen LogP contribution < -0.4 is 10.9 Å². The summed E-state index contributed by atoms with van der Waals surface area (Å²) in [5.74, 6) is -2.51. The Kier molecular flexibility index (Phi) is 6.26. The molecular formula is C23H26FN3O5S. The van der Waals surface area contributed by atoms with Crippen LogP contribution in [0.2, 0.25) is 0 Å². The molecule has 1 aromatic heterocycles. The van der Waals surface area contributed by atoms with E-state index in [-0.39, 0.29) is 18.6 Å². The topological polar surface area (TPSA) is 109 Å². The van der Waals surface area contributed by atoms with Crippen molar-refractivity contribution in [3.8, 4) is 0 Å². The SMILES string of the molecule is C/C=C/c1ccc2n(c1=O)C[C@@H]1[C@@H](CO)[C@H](C(=O)NCc3cccc(F)c3)[C@H]2N1S(C)(=O)=O. The lowest BCUT2D eigenvalue weighted by Gasteiger charge is -2.36. The van der Waals surface area contributed by atoms with Gasteiger partial charge in [-0.25, -0.2) is 12.8 Å². The molecule has 0 radical (unpaired) electrons. The van der Waals surface area contributed by atoms with E-state index in [9.17, 15) is 27.5 Å². The number of benzene rings is 1. The Hall–Kier alpha value is -2.82. The van der Waals surface area contributed by atoms with Gasteiger partial charge in [0.25, 0.3) is 5.56 Å². The fourth-order valence-corrected chi connectivity index (χ4v) is 6.45. The Morgan fingerprint density at radius 2 is 2.06 bits per heavy atom. The number of nitrogens with zero attached hydrogens (tertiary/aromatic N) is 2. The molecule has 10 heteroatoms. The summed E-state index contributed by atoms with van der Waals surface area (Å²) in [7, 11) is -3.76. The summed E-state index contributed by atoms with van der Waals surface area (Å²) in [4.78, 5) is 26.4. The van der Waals surface area contributed by atoms with Crippen LogP contribution in [0.5, 0.6) is 0 Å². The maximum atomic E-state index is 13.5. The number of aliphatic hydroxyl groups excluding tert-OH is 1. The molecule has 0 spiro atoms. The molecule has 3 heterocycles. The highest BCUT2D eigenvalue weighted by molar-refractivity contribution is 7.88. The number of fused-ring (bicyclic) bond motifs is 4. The number of amides is 1. The second kappa shape index (κ2) is 8.85. The first-order chi connectivity index (χ1) is 15.7. The van der Waals surface area contributed by atoms with Crippen LogP contribution in [0.1, 0.15) is 29.8 Å². The Balaban J connectivity index is 1.76. The second-order valence-electron chi connectivity index (χ2n) is 8.45. The van der Waals surface area contributed by atoms with Gasteiger partial charge in [0.15, 0.2) is 0 Å². The first kappa shape index (κ1) is 23.3. The maximum Gasteiger partial charge on any atom is 0.258 e. The monoisotopic (exact) mass is 475 g/mol. The molecule has 4 rings (SSSR count). The molecule has 2 bridgehead atoms. The molecule has 1 fully saturated rings. The molecular weight excluding hydrogens is 449 g/mol. The molecule has 33 heavy (non-hydrogen) atoms. The molecule has 0 aliphatic carbocycles. The number of rotatable bonds is 6. The number of carbonyl (C=O) groups is 1. The summed E-state index contributed by atoms with van der Waals surface area (Å²) in [5.41, 5.74) is 1.15. The largest absolute Gasteiger partial charge is 0.396 e. The van der Waals surface area contributed by atoms with Crippen LogP contribution in [0.15, 0.2) is 47.3 Å². The molecule has 2 aromatic rings. The molecule has 4 atom stereocenters. The molecule has 1 saturated heterocycles. The molecule has 2 aliphatic rings. The zero-order valence-corrected chi connectivity index (χ0v) is 19.1. The van der Waals surface area contributed by atoms with Crippen LogP contribution in [-0.4, -0.2) is 47.2 Å². The average molecular weight is 476 g/mol. The van der Waals surface area contributed by atoms with Crippen LogP contribution in [0.25, 0.3) is 6.08 Å². The number of pyridine rings is 1. The van der Waals surface area contributed by atoms with E-state index in [1.165, 1.54) is 27.1 Å². The number of hydrogen-bond acceptors (Lipinski definition) is 5. The first-order valence-corrected chi connectivity index (χ1v) is 12.5. The van der Waals surface area contributed by atoms with E-state index >= 15 is 0 Å². The third-order valence-corrected chi connectivity index (χ3v) is 7.67. The minimum absolute atomic E-state index is 0.0437. The molecule has 2 N–H and O–H groups in total. The molecule has 176 valence electrons. The van der Waals surface area contributed by atoms with Crippen LogP contribution in [0, 0.1) is 17.7 Å². The van der Waals surface area contributed by atoms with Crippen molar-refractivity contribution in [1.29, 1.82) is 0 Å². The van der Waals surface area contributed by atoms with Crippen molar-refractivity contribution in [3.05, 3.63) is 75.5 Å². The van der Waals surface area contributed by atoms with Crippen molar-refractivity contribution in [2.75, 3.05) is 12.9 Å². The quantitative estimate of drug-likeness (QED) is 0.654. The van der Waals surface area contributed by atoms with Crippen molar-refractivity contribution in [2.45, 2.75) is 32.1 Å². The zero-order chi connectivity index (χ0) is 23.9. The molecule has 8 nitrogen and oxygen atoms in total. The fraction of sp³-hybridized carbons (Fsp3) is 0.391. The summed E-state index contributed by atoms with van der Waals surface area (Å²) in [5, 5.41) is 12.9. The van der Waals surface area contributed by atoms with Gasteiger partial charge < -0.3 is 15.0 Å². The Morgan fingerprint density at radius 3 is 2.70 bits per heavy atom. The van der Waals surface area contributed by atoms with E-state index < -0.39 is 52.3 Å². The molecule has 0 saturated carbocycles. The molecule has 1 amide bonds. The van der Waals surface area contributed by atoms with Crippen LogP contribution in [-0.2, 0) is 27.9 Å². The number of hydrogen-bond donors (Lipinski definition) is 2. The van der Waals surface area contributed by atoms with Gasteiger partial charge in [-0.3, -0.25) is 9.59 Å². The summed E-state index contributed by atoms with van der Waals surface area (Å²) in [6.07, 6.45) is 4.48. The number of carbonyl (C=O) groups excluding carboxylic acids is 1. The smallest absolute Gasteiger partial charge is 0.258 e. The predicted molar refractivity (Wildman–Crippen MR) is 121 cm³/mol. The van der Waals surface area contributed by atoms with E-state index in [1.807, 2.05) is 0 Å². The fourth-order valence-electron chi connectivity index (χ4n) is 5.09. The van der Waals surface area contributed by atoms with Gasteiger partial charge >= 0.3 is 0 Å². The molecule has 0 unspecified atom stereocenters. The van der Waals surface area contributed by atoms with E-state index in [0.29, 0.717) is 16.8 Å². The maximum absolute atomic E-state index is 13.5. The van der Waals surface area contributed by atoms with Crippen molar-refractivity contribution in [2.24, 2.45) is 11.8 Å². The predicted octanol–water partition coefficient (Wildman–Crippen LogP) is 1.26. The van der Waals surface area contributed by atoms with Crippen molar-refractivity contribution in [1.82, 2.24) is 14.2 Å². The minimum atomic E-state index is -3.76. The Bertz CT molecular complexity index is 1270. The van der Waals surface area contributed by atoms with Crippen LogP contribution >= 0.6 is 0 Å². The number of aliphatic hydroxyl groups is 1. The Morgan fingerprint density at radius 1 is 1.30 bits per heavy atom. The normalized spacial score (nSPS) is 24.7. The summed E-state index contributed by atoms with van der Waals surface area (Å²) >= 11 is 0. The van der Waals surface area contributed by atoms with Crippen molar-refractivity contribution < 1.29 is 22.7 Å². The lowest BCUT2D eigenvalue weighted by atomic mass is 9.86. The van der Waals surface area contributed by atoms with Gasteiger partial charge in [0, 0.05) is 42.9 Å². The second-order valence-corrected chi connectivity index (χ2v) is 10.3. The lowest BCUT2D eigenvalue weighted by molar-refractivity contribution is -0.127. The number of sulfonamides is 1. The molecule has 1 aromatic carbocycles. The number of halogens is 1. The van der Waals surface area contributed by atoms with Gasteiger partial charge in [-0.15, -0.1) is 0 Å². The highest BCUT2D eigenvalue weighted by Crippen LogP contribution is 2.49. The van der Waals surface area contributed by atoms with Crippen LogP contribution in [0.4, 0.5) is 4.39 Å². The van der Waals surface area contributed by atoms with E-state index in [1.54, 1.807) is 37.3 Å². The van der Waals surface area contributed by atoms with Gasteiger partial charge in [0.05, 0.1) is 18.2 Å². The average Bonchev–Trinajstić information content (AvgIpc) is 3.02. The number of aromatic nitrogens is 1. The third-order valence-electron chi connectivity index (χ3n) is 6.41. The number of nitrogens with one attached hydrogen (secondary N) is 1. The highest BCUT2D eigenvalue weighted by Gasteiger charge is 2.58. The van der Waals surface area contributed by atoms with Gasteiger partial charge in [-0.05, 0) is 36.8 Å². The van der Waals surface area contributed by atoms with Crippen molar-refractivity contribution >= 4 is 22.0 Å². The van der Waals surface area contributed by atoms with Gasteiger partial charge in [0.2, 0.25) is 15.9 Å². The van der Waals surface area contributed by atoms with E-state index in [2.05, 4.69) is 5.32 Å². The summed E-state index contributed by atoms with van der Waals surface area (Å²) < 4.78 is 41.7. The summed E-state index contributed by atoms with van der Waals surface area (Å²) in [6.45, 7) is 1.46. The summed E-state index contributed by atoms with van der Waals surface area (Å²) in [6, 6.07) is 7.41. The van der Waals surface area contributed by atoms with Crippen LogP contribution in [0.3, 0.4) is 0 Å². The number of allylic oxidation sites excluding steroid dienone is 1. The van der Waals surface area contributed by atoms with E-state index in [4.69, 9.17) is 0 Å². The van der Waals surface area contributed by atoms with Gasteiger partial charge in [0.1, 0.15) is 5.82 Å². The standard InChI is InChI=1S/C23H26FN3O5S/c1-3-5-15-8-9-18-21-20(22(29)25-11-14-6-4-7-16(24)10-14)17(13-28)19(12-26(18)23(15)30)27(21)33(2,31)32/h3-10,17,19-21,28H,11-13H2,1-2H3,(H,25,29)/b5-3+/t17-,19-,20+,21+/m1/s1. The van der Waals surface area contributed by atoms with E-state index in [0.717, 1.165) is 6.26 Å². The first-order valence-electron chi connectivity index (χ1n) is 10.6. The molecule has 2 aliphatic heterocycles. The van der Waals surface area contributed by atoms with Gasteiger partial charge in [-0.2, -0.15) is 4.31 Å². The van der Waals surface area contributed by atoms with Crippen molar-refractivity contribution in [3.63, 3.8) is 0 Å². The Labute approximate surface area is 191 Å². The lowest BCUT2D eigenvalue weighted by Crippen LogP contribution is -2.48. The third kappa shape index (κ3) is 4.14. The minimum Gasteiger partial charge on any atom is -0.396 e. The zero-order valence-electron chi connectivity index (χ0n) is 18.3.